The average molecular weight is 376 g/mol. The van der Waals surface area contributed by atoms with Gasteiger partial charge in [0, 0.05) is 13.1 Å². The molecule has 1 amide bonds. The summed E-state index contributed by atoms with van der Waals surface area (Å²) in [4.78, 5) is 23.2. The molecule has 1 saturated heterocycles. The van der Waals surface area contributed by atoms with E-state index < -0.39 is 0 Å². The molecular formula is C22H24N4O2. The van der Waals surface area contributed by atoms with Crippen LogP contribution in [0.1, 0.15) is 34.7 Å². The Kier molecular flexibility index (Phi) is 5.66. The number of aromatic nitrogens is 2. The minimum Gasteiger partial charge on any atom is -0.467 e. The fourth-order valence-electron chi connectivity index (χ4n) is 3.59. The number of piperidine rings is 1. The highest BCUT2D eigenvalue weighted by atomic mass is 16.3. The molecule has 1 aliphatic rings. The quantitative estimate of drug-likeness (QED) is 0.713. The Bertz CT molecular complexity index is 871. The summed E-state index contributed by atoms with van der Waals surface area (Å²) in [6.07, 6.45) is 8.24. The van der Waals surface area contributed by atoms with Crippen LogP contribution in [0.5, 0.6) is 0 Å². The number of rotatable bonds is 6. The van der Waals surface area contributed by atoms with E-state index in [0.29, 0.717) is 23.9 Å². The van der Waals surface area contributed by atoms with E-state index in [-0.39, 0.29) is 5.91 Å². The fourth-order valence-corrected chi connectivity index (χ4v) is 3.59. The smallest absolute Gasteiger partial charge is 0.271 e. The zero-order chi connectivity index (χ0) is 19.2. The summed E-state index contributed by atoms with van der Waals surface area (Å²) < 4.78 is 5.21. The number of amides is 1. The number of carbonyl (C=O) groups is 1. The van der Waals surface area contributed by atoms with Gasteiger partial charge in [-0.3, -0.25) is 4.79 Å². The first kappa shape index (κ1) is 18.2. The molecule has 3 heterocycles. The van der Waals surface area contributed by atoms with E-state index in [1.807, 2.05) is 6.07 Å². The van der Waals surface area contributed by atoms with Crippen LogP contribution in [-0.4, -0.2) is 29.0 Å². The molecule has 0 unspecified atom stereocenters. The minimum atomic E-state index is -0.253. The van der Waals surface area contributed by atoms with Crippen LogP contribution >= 0.6 is 0 Å². The van der Waals surface area contributed by atoms with Crippen LogP contribution in [0.2, 0.25) is 0 Å². The van der Waals surface area contributed by atoms with Crippen LogP contribution in [-0.2, 0) is 13.0 Å². The van der Waals surface area contributed by atoms with Gasteiger partial charge in [0.1, 0.15) is 17.3 Å². The lowest BCUT2D eigenvalue weighted by molar-refractivity contribution is 0.0942. The molecule has 1 fully saturated rings. The number of carbonyl (C=O) groups excluding carboxylic acids is 1. The van der Waals surface area contributed by atoms with Crippen molar-refractivity contribution in [2.75, 3.05) is 18.0 Å². The molecule has 0 bridgehead atoms. The summed E-state index contributed by atoms with van der Waals surface area (Å²) >= 11 is 0. The highest BCUT2D eigenvalue weighted by Gasteiger charge is 2.21. The molecule has 6 nitrogen and oxygen atoms in total. The molecule has 0 spiro atoms. The summed E-state index contributed by atoms with van der Waals surface area (Å²) in [5.41, 5.74) is 1.72. The van der Waals surface area contributed by atoms with Gasteiger partial charge in [-0.2, -0.15) is 0 Å². The van der Waals surface area contributed by atoms with Crippen molar-refractivity contribution >= 4 is 11.7 Å². The number of hydrogen-bond donors (Lipinski definition) is 1. The van der Waals surface area contributed by atoms with Crippen LogP contribution in [0.3, 0.4) is 0 Å². The van der Waals surface area contributed by atoms with E-state index in [1.165, 1.54) is 5.56 Å². The lowest BCUT2D eigenvalue weighted by atomic mass is 9.90. The zero-order valence-electron chi connectivity index (χ0n) is 15.8. The van der Waals surface area contributed by atoms with Crippen molar-refractivity contribution in [3.05, 3.63) is 78.1 Å². The molecule has 6 heteroatoms. The predicted molar refractivity (Wildman–Crippen MR) is 107 cm³/mol. The molecule has 3 aromatic rings. The maximum absolute atomic E-state index is 12.2. The number of hydrogen-bond acceptors (Lipinski definition) is 5. The third-order valence-electron chi connectivity index (χ3n) is 5.18. The molecule has 1 aliphatic heterocycles. The molecular weight excluding hydrogens is 352 g/mol. The topological polar surface area (TPSA) is 71.3 Å². The van der Waals surface area contributed by atoms with Gasteiger partial charge in [-0.15, -0.1) is 0 Å². The van der Waals surface area contributed by atoms with Crippen LogP contribution < -0.4 is 10.2 Å². The molecule has 2 aromatic heterocycles. The largest absolute Gasteiger partial charge is 0.467 e. The van der Waals surface area contributed by atoms with Crippen molar-refractivity contribution in [1.82, 2.24) is 15.3 Å². The Balaban J connectivity index is 1.28. The summed E-state index contributed by atoms with van der Waals surface area (Å²) in [5.74, 6) is 1.99. The normalized spacial score (nSPS) is 14.8. The Morgan fingerprint density at radius 1 is 1.07 bits per heavy atom. The predicted octanol–water partition coefficient (Wildman–Crippen LogP) is 3.46. The average Bonchev–Trinajstić information content (AvgIpc) is 3.27. The third-order valence-corrected chi connectivity index (χ3v) is 5.18. The highest BCUT2D eigenvalue weighted by Crippen LogP contribution is 2.24. The van der Waals surface area contributed by atoms with Gasteiger partial charge in [-0.1, -0.05) is 30.3 Å². The van der Waals surface area contributed by atoms with Crippen LogP contribution in [0, 0.1) is 5.92 Å². The number of benzene rings is 1. The van der Waals surface area contributed by atoms with Crippen LogP contribution in [0.4, 0.5) is 5.82 Å². The van der Waals surface area contributed by atoms with Gasteiger partial charge in [-0.25, -0.2) is 9.97 Å². The molecule has 0 aliphatic carbocycles. The van der Waals surface area contributed by atoms with Crippen LogP contribution in [0.25, 0.3) is 0 Å². The summed E-state index contributed by atoms with van der Waals surface area (Å²) in [6, 6.07) is 14.3. The first-order valence-corrected chi connectivity index (χ1v) is 9.69. The Labute approximate surface area is 164 Å². The van der Waals surface area contributed by atoms with Crippen molar-refractivity contribution < 1.29 is 9.21 Å². The van der Waals surface area contributed by atoms with Gasteiger partial charge in [0.15, 0.2) is 0 Å². The van der Waals surface area contributed by atoms with Gasteiger partial charge in [-0.05, 0) is 42.9 Å². The highest BCUT2D eigenvalue weighted by molar-refractivity contribution is 5.91. The Hall–Kier alpha value is -3.15. The number of nitrogens with one attached hydrogen (secondary N) is 1. The standard InChI is InChI=1S/C22H24N4O2/c27-22(25-14-19-7-4-12-28-19)20-15-24-21(16-23-20)26-10-8-18(9-11-26)13-17-5-2-1-3-6-17/h1-7,12,15-16,18H,8-11,13-14H2,(H,25,27). The Morgan fingerprint density at radius 3 is 2.57 bits per heavy atom. The molecule has 1 N–H and O–H groups in total. The van der Waals surface area contributed by atoms with E-state index in [2.05, 4.69) is 50.5 Å². The third kappa shape index (κ3) is 4.57. The van der Waals surface area contributed by atoms with Crippen molar-refractivity contribution in [1.29, 1.82) is 0 Å². The molecule has 144 valence electrons. The Morgan fingerprint density at radius 2 is 1.89 bits per heavy atom. The van der Waals surface area contributed by atoms with Crippen molar-refractivity contribution in [2.24, 2.45) is 5.92 Å². The van der Waals surface area contributed by atoms with E-state index in [4.69, 9.17) is 4.42 Å². The first-order valence-electron chi connectivity index (χ1n) is 9.69. The SMILES string of the molecule is O=C(NCc1ccco1)c1cnc(N2CCC(Cc3ccccc3)CC2)cn1. The van der Waals surface area contributed by atoms with E-state index in [0.717, 1.165) is 38.2 Å². The van der Waals surface area contributed by atoms with E-state index in [1.54, 1.807) is 24.7 Å². The van der Waals surface area contributed by atoms with Crippen LogP contribution in [0.15, 0.2) is 65.5 Å². The van der Waals surface area contributed by atoms with Gasteiger partial charge in [0.2, 0.25) is 0 Å². The molecule has 0 atom stereocenters. The first-order chi connectivity index (χ1) is 13.8. The molecule has 28 heavy (non-hydrogen) atoms. The van der Waals surface area contributed by atoms with E-state index in [9.17, 15) is 4.79 Å². The van der Waals surface area contributed by atoms with Gasteiger partial charge in [0.25, 0.3) is 5.91 Å². The maximum atomic E-state index is 12.2. The summed E-state index contributed by atoms with van der Waals surface area (Å²) in [7, 11) is 0. The lowest BCUT2D eigenvalue weighted by Crippen LogP contribution is -2.35. The monoisotopic (exact) mass is 376 g/mol. The minimum absolute atomic E-state index is 0.253. The second kappa shape index (κ2) is 8.69. The number of furan rings is 1. The van der Waals surface area contributed by atoms with E-state index >= 15 is 0 Å². The maximum Gasteiger partial charge on any atom is 0.271 e. The molecule has 1 aromatic carbocycles. The lowest BCUT2D eigenvalue weighted by Gasteiger charge is -2.32. The number of anilines is 1. The second-order valence-electron chi connectivity index (χ2n) is 7.14. The molecule has 0 saturated carbocycles. The van der Waals surface area contributed by atoms with Gasteiger partial charge in [0.05, 0.1) is 25.2 Å². The summed E-state index contributed by atoms with van der Waals surface area (Å²) in [5, 5.41) is 2.78. The number of nitrogens with zero attached hydrogens (tertiary/aromatic N) is 3. The summed E-state index contributed by atoms with van der Waals surface area (Å²) in [6.45, 7) is 2.27. The van der Waals surface area contributed by atoms with Crippen molar-refractivity contribution in [3.63, 3.8) is 0 Å². The molecule has 4 rings (SSSR count). The fraction of sp³-hybridized carbons (Fsp3) is 0.318. The van der Waals surface area contributed by atoms with Gasteiger partial charge >= 0.3 is 0 Å². The molecule has 0 radical (unpaired) electrons. The zero-order valence-corrected chi connectivity index (χ0v) is 15.8. The van der Waals surface area contributed by atoms with Gasteiger partial charge < -0.3 is 14.6 Å². The van der Waals surface area contributed by atoms with Crippen molar-refractivity contribution in [3.8, 4) is 0 Å². The second-order valence-corrected chi connectivity index (χ2v) is 7.14. The van der Waals surface area contributed by atoms with Crippen molar-refractivity contribution in [2.45, 2.75) is 25.8 Å².